The maximum atomic E-state index is 12.1. The van der Waals surface area contributed by atoms with E-state index in [2.05, 4.69) is 37.2 Å². The van der Waals surface area contributed by atoms with E-state index in [4.69, 9.17) is 5.73 Å². The molecule has 0 radical (unpaired) electrons. The fraction of sp³-hybridized carbons (Fsp3) is 0.300. The predicted octanol–water partition coefficient (Wildman–Crippen LogP) is 2.19. The molecule has 0 fully saturated rings. The number of hydrogen-bond acceptors (Lipinski definition) is 4. The summed E-state index contributed by atoms with van der Waals surface area (Å²) in [4.78, 5) is 11.3. The summed E-state index contributed by atoms with van der Waals surface area (Å²) in [6.07, 6.45) is 0.711. The fourth-order valence-electron chi connectivity index (χ4n) is 1.28. The van der Waals surface area contributed by atoms with E-state index in [0.717, 1.165) is 0 Å². The Morgan fingerprint density at radius 3 is 2.32 bits per heavy atom. The third-order valence-electron chi connectivity index (χ3n) is 2.05. The van der Waals surface area contributed by atoms with E-state index in [1.165, 1.54) is 12.1 Å². The minimum atomic E-state index is -3.98. The van der Waals surface area contributed by atoms with Crippen molar-refractivity contribution in [3.63, 3.8) is 0 Å². The van der Waals surface area contributed by atoms with Gasteiger partial charge in [0.15, 0.2) is 0 Å². The molecule has 19 heavy (non-hydrogen) atoms. The van der Waals surface area contributed by atoms with E-state index >= 15 is 0 Å². The second-order valence-corrected chi connectivity index (χ2v) is 7.00. The maximum Gasteiger partial charge on any atom is 0.328 e. The van der Waals surface area contributed by atoms with Crippen molar-refractivity contribution in [3.8, 4) is 0 Å². The molecule has 0 aliphatic heterocycles. The summed E-state index contributed by atoms with van der Waals surface area (Å²) in [5, 5.41) is 2.42. The van der Waals surface area contributed by atoms with Crippen LogP contribution in [-0.4, -0.2) is 21.0 Å². The van der Waals surface area contributed by atoms with E-state index < -0.39 is 16.1 Å². The van der Waals surface area contributed by atoms with Gasteiger partial charge in [-0.3, -0.25) is 0 Å². The molecule has 1 aromatic rings. The number of hydrogen-bond donors (Lipinski definition) is 3. The number of nitrogens with one attached hydrogen (secondary N) is 2. The molecular weight excluding hydrogens is 402 g/mol. The summed E-state index contributed by atoms with van der Waals surface area (Å²) < 4.78 is 26.6. The molecule has 6 nitrogen and oxygen atoms in total. The Kier molecular flexibility index (Phi) is 5.63. The number of nitrogens with two attached hydrogens (primary N) is 1. The van der Waals surface area contributed by atoms with Gasteiger partial charge in [0.2, 0.25) is 0 Å². The number of benzene rings is 1. The van der Waals surface area contributed by atoms with E-state index in [-0.39, 0.29) is 13.8 Å². The highest BCUT2D eigenvalue weighted by molar-refractivity contribution is 9.11. The molecule has 0 spiro atoms. The number of rotatable bonds is 4. The SMILES string of the molecule is CCCNC(=O)NS(=O)(=O)c1c(Br)cc(N)cc1Br. The number of amides is 2. The van der Waals surface area contributed by atoms with Crippen LogP contribution in [0, 0.1) is 0 Å². The summed E-state index contributed by atoms with van der Waals surface area (Å²) in [6, 6.07) is 2.13. The number of sulfonamides is 1. The highest BCUT2D eigenvalue weighted by atomic mass is 79.9. The lowest BCUT2D eigenvalue weighted by atomic mass is 10.3. The van der Waals surface area contributed by atoms with Gasteiger partial charge in [-0.1, -0.05) is 6.92 Å². The van der Waals surface area contributed by atoms with Gasteiger partial charge in [0, 0.05) is 21.2 Å². The number of carbonyl (C=O) groups is 1. The average Bonchev–Trinajstić information content (AvgIpc) is 2.23. The van der Waals surface area contributed by atoms with Gasteiger partial charge in [-0.15, -0.1) is 0 Å². The summed E-state index contributed by atoms with van der Waals surface area (Å²) in [6.45, 7) is 2.26. The minimum absolute atomic E-state index is 0.0756. The Morgan fingerprint density at radius 2 is 1.84 bits per heavy atom. The largest absolute Gasteiger partial charge is 0.399 e. The van der Waals surface area contributed by atoms with Gasteiger partial charge in [-0.05, 0) is 50.4 Å². The molecule has 9 heteroatoms. The molecule has 0 aliphatic carbocycles. The molecule has 0 heterocycles. The fourth-order valence-corrected chi connectivity index (χ4v) is 4.83. The summed E-state index contributed by atoms with van der Waals surface area (Å²) in [5.74, 6) is 0. The smallest absolute Gasteiger partial charge is 0.328 e. The molecule has 0 atom stereocenters. The van der Waals surface area contributed by atoms with E-state index in [0.29, 0.717) is 18.7 Å². The first kappa shape index (κ1) is 16.3. The van der Waals surface area contributed by atoms with Crippen molar-refractivity contribution < 1.29 is 13.2 Å². The third-order valence-corrected chi connectivity index (χ3v) is 5.26. The van der Waals surface area contributed by atoms with Crippen LogP contribution in [0.2, 0.25) is 0 Å². The molecule has 2 amide bonds. The maximum absolute atomic E-state index is 12.1. The molecule has 0 saturated heterocycles. The molecule has 1 rings (SSSR count). The number of nitrogen functional groups attached to an aromatic ring is 1. The highest BCUT2D eigenvalue weighted by Crippen LogP contribution is 2.32. The standard InChI is InChI=1S/C10H13Br2N3O3S/c1-2-3-14-10(16)15-19(17,18)9-7(11)4-6(13)5-8(9)12/h4-5H,2-3,13H2,1H3,(H2,14,15,16). The highest BCUT2D eigenvalue weighted by Gasteiger charge is 2.23. The lowest BCUT2D eigenvalue weighted by Gasteiger charge is -2.11. The van der Waals surface area contributed by atoms with Crippen LogP contribution in [0.15, 0.2) is 26.0 Å². The molecular formula is C10H13Br2N3O3S. The number of urea groups is 1. The van der Waals surface area contributed by atoms with Gasteiger partial charge in [0.05, 0.1) is 0 Å². The van der Waals surface area contributed by atoms with E-state index in [9.17, 15) is 13.2 Å². The second kappa shape index (κ2) is 6.58. The molecule has 0 aliphatic rings. The minimum Gasteiger partial charge on any atom is -0.399 e. The third kappa shape index (κ3) is 4.36. The zero-order chi connectivity index (χ0) is 14.6. The zero-order valence-electron chi connectivity index (χ0n) is 10.0. The van der Waals surface area contributed by atoms with Crippen molar-refractivity contribution in [1.29, 1.82) is 0 Å². The van der Waals surface area contributed by atoms with Crippen LogP contribution >= 0.6 is 31.9 Å². The van der Waals surface area contributed by atoms with Gasteiger partial charge in [-0.25, -0.2) is 17.9 Å². The molecule has 106 valence electrons. The van der Waals surface area contributed by atoms with E-state index in [1.54, 1.807) is 0 Å². The van der Waals surface area contributed by atoms with Crippen molar-refractivity contribution in [1.82, 2.24) is 10.0 Å². The Morgan fingerprint density at radius 1 is 1.32 bits per heavy atom. The lowest BCUT2D eigenvalue weighted by Crippen LogP contribution is -2.39. The van der Waals surface area contributed by atoms with Crippen LogP contribution in [0.25, 0.3) is 0 Å². The van der Waals surface area contributed by atoms with Crippen molar-refractivity contribution in [2.75, 3.05) is 12.3 Å². The van der Waals surface area contributed by atoms with Crippen LogP contribution in [0.5, 0.6) is 0 Å². The Balaban J connectivity index is 3.05. The summed E-state index contributed by atoms with van der Waals surface area (Å²) >= 11 is 6.23. The van der Waals surface area contributed by atoms with E-state index in [1.807, 2.05) is 11.6 Å². The quantitative estimate of drug-likeness (QED) is 0.657. The number of carbonyl (C=O) groups excluding carboxylic acids is 1. The Hall–Kier alpha value is -0.800. The van der Waals surface area contributed by atoms with Gasteiger partial charge in [-0.2, -0.15) is 0 Å². The number of anilines is 1. The average molecular weight is 415 g/mol. The molecule has 0 saturated carbocycles. The summed E-state index contributed by atoms with van der Waals surface area (Å²) in [7, 11) is -3.98. The van der Waals surface area contributed by atoms with Gasteiger partial charge < -0.3 is 11.1 Å². The topological polar surface area (TPSA) is 101 Å². The molecule has 0 unspecified atom stereocenters. The monoisotopic (exact) mass is 413 g/mol. The Bertz CT molecular complexity index is 567. The molecule has 0 bridgehead atoms. The Labute approximate surface area is 128 Å². The van der Waals surface area contributed by atoms with Crippen molar-refractivity contribution >= 4 is 53.6 Å². The van der Waals surface area contributed by atoms with Crippen LogP contribution in [0.3, 0.4) is 0 Å². The summed E-state index contributed by atoms with van der Waals surface area (Å²) in [5.41, 5.74) is 5.98. The van der Waals surface area contributed by atoms with Crippen molar-refractivity contribution in [2.45, 2.75) is 18.2 Å². The zero-order valence-corrected chi connectivity index (χ0v) is 14.0. The van der Waals surface area contributed by atoms with Gasteiger partial charge >= 0.3 is 6.03 Å². The second-order valence-electron chi connectivity index (χ2n) is 3.68. The molecule has 1 aromatic carbocycles. The molecule has 4 N–H and O–H groups in total. The van der Waals surface area contributed by atoms with Crippen LogP contribution in [0.4, 0.5) is 10.5 Å². The lowest BCUT2D eigenvalue weighted by molar-refractivity contribution is 0.246. The first-order valence-corrected chi connectivity index (χ1v) is 8.40. The molecule has 0 aromatic heterocycles. The number of halogens is 2. The van der Waals surface area contributed by atoms with Crippen LogP contribution in [-0.2, 0) is 10.0 Å². The van der Waals surface area contributed by atoms with Crippen molar-refractivity contribution in [2.24, 2.45) is 0 Å². The first-order chi connectivity index (χ1) is 8.77. The van der Waals surface area contributed by atoms with Crippen LogP contribution in [0.1, 0.15) is 13.3 Å². The van der Waals surface area contributed by atoms with Gasteiger partial charge in [0.25, 0.3) is 10.0 Å². The normalized spacial score (nSPS) is 11.1. The van der Waals surface area contributed by atoms with Gasteiger partial charge in [0.1, 0.15) is 4.90 Å². The first-order valence-electron chi connectivity index (χ1n) is 5.33. The predicted molar refractivity (Wildman–Crippen MR) is 80.3 cm³/mol. The van der Waals surface area contributed by atoms with Crippen molar-refractivity contribution in [3.05, 3.63) is 21.1 Å². The van der Waals surface area contributed by atoms with Crippen LogP contribution < -0.4 is 15.8 Å².